The molecule has 4 rings (SSSR count). The monoisotopic (exact) mass is 720 g/mol. The number of nitrogens with one attached hydrogen (secondary N) is 2. The van der Waals surface area contributed by atoms with E-state index in [1.807, 2.05) is 53.6 Å². The fourth-order valence-corrected chi connectivity index (χ4v) is 6.71. The van der Waals surface area contributed by atoms with Crippen LogP contribution in [0.15, 0.2) is 48.7 Å². The first-order chi connectivity index (χ1) is 22.8. The quantitative estimate of drug-likeness (QED) is 0.189. The number of ether oxygens (including phenoxy) is 2. The van der Waals surface area contributed by atoms with E-state index in [0.717, 1.165) is 6.07 Å². The number of aliphatic hydroxyl groups excluding tert-OH is 1. The lowest BCUT2D eigenvalue weighted by molar-refractivity contribution is -0.0726. The summed E-state index contributed by atoms with van der Waals surface area (Å²) in [5.74, 6) is -2.63. The summed E-state index contributed by atoms with van der Waals surface area (Å²) < 4.78 is 45.0. The van der Waals surface area contributed by atoms with E-state index in [-0.39, 0.29) is 39.0 Å². The van der Waals surface area contributed by atoms with Crippen molar-refractivity contribution in [2.75, 3.05) is 32.6 Å². The average Bonchev–Trinajstić information content (AvgIpc) is 3.53. The average molecular weight is 722 g/mol. The van der Waals surface area contributed by atoms with E-state index < -0.39 is 53.0 Å². The molecule has 1 aliphatic heterocycles. The van der Waals surface area contributed by atoms with E-state index in [0.29, 0.717) is 19.5 Å². The smallest absolute Gasteiger partial charge is 0.414 e. The van der Waals surface area contributed by atoms with E-state index in [9.17, 15) is 15.2 Å². The first kappa shape index (κ1) is 38.5. The van der Waals surface area contributed by atoms with Crippen LogP contribution in [-0.2, 0) is 21.4 Å². The second kappa shape index (κ2) is 15.3. The molecule has 14 heteroatoms. The summed E-state index contributed by atoms with van der Waals surface area (Å²) in [4.78, 5) is 15.3. The van der Waals surface area contributed by atoms with Gasteiger partial charge in [0.2, 0.25) is 0 Å². The van der Waals surface area contributed by atoms with Crippen LogP contribution in [0.1, 0.15) is 58.1 Å². The Hall–Kier alpha value is -3.31. The molecule has 1 amide bonds. The van der Waals surface area contributed by atoms with Gasteiger partial charge in [-0.1, -0.05) is 62.2 Å². The zero-order valence-electron chi connectivity index (χ0n) is 28.7. The van der Waals surface area contributed by atoms with E-state index in [4.69, 9.17) is 32.7 Å². The minimum absolute atomic E-state index is 0.0187. The molecule has 0 bridgehead atoms. The maximum absolute atomic E-state index is 15.8. The lowest BCUT2D eigenvalue weighted by atomic mass is 9.63. The zero-order chi connectivity index (χ0) is 36.3. The van der Waals surface area contributed by atoms with Gasteiger partial charge in [-0.15, -0.1) is 0 Å². The molecular weight excluding hydrogens is 677 g/mol. The highest BCUT2D eigenvalue weighted by Gasteiger charge is 2.61. The van der Waals surface area contributed by atoms with Crippen molar-refractivity contribution in [3.05, 3.63) is 81.5 Å². The first-order valence-corrected chi connectivity index (χ1v) is 16.7. The van der Waals surface area contributed by atoms with Crippen LogP contribution in [-0.4, -0.2) is 77.1 Å². The number of hydrogen-bond donors (Lipinski definition) is 3. The summed E-state index contributed by atoms with van der Waals surface area (Å²) >= 11 is 12.3. The molecule has 5 atom stereocenters. The molecule has 2 aromatic carbocycles. The van der Waals surface area contributed by atoms with Gasteiger partial charge in [-0.25, -0.2) is 13.6 Å². The van der Waals surface area contributed by atoms with Crippen LogP contribution in [0, 0.1) is 28.4 Å². The van der Waals surface area contributed by atoms with Gasteiger partial charge in [-0.05, 0) is 63.5 Å². The topological polar surface area (TPSA) is 125 Å². The molecule has 1 aromatic heterocycles. The number of halogens is 4. The van der Waals surface area contributed by atoms with Crippen LogP contribution in [0.5, 0.6) is 0 Å². The lowest BCUT2D eigenvalue weighted by Gasteiger charge is -2.37. The third-order valence-electron chi connectivity index (χ3n) is 8.29. The normalized spacial score (nSPS) is 21.8. The number of hydrogen-bond acceptors (Lipinski definition) is 8. The molecule has 49 heavy (non-hydrogen) atoms. The summed E-state index contributed by atoms with van der Waals surface area (Å²) in [5.41, 5.74) is -2.88. The number of carbonyl (C=O) groups is 1. The van der Waals surface area contributed by atoms with Crippen LogP contribution < -0.4 is 10.6 Å². The number of amides is 1. The molecule has 3 aromatic rings. The molecule has 1 fully saturated rings. The number of carbonyl (C=O) groups excluding carboxylic acids is 1. The molecule has 0 spiro atoms. The fourth-order valence-electron chi connectivity index (χ4n) is 6.37. The SMILES string of the molecule is CN(C)C[C@H](O)COC(C)(C)Cn1ccc(NC(=O)O[C@@H]2N[C@H](CC(C)(C)C)[C@@](C#N)(c3ccc(Cl)cc3F)[C@@H]2c2cccc(Cl)c2F)n1. The standard InChI is InChI=1S/C35H44Cl2F2N6O4/c1-33(2,3)16-27-35(19-40,24-12-11-21(36)15-26(24)38)29(23-9-8-10-25(37)30(23)39)31(41-27)49-32(47)42-28-13-14-45(43-28)20-34(4,5)48-18-22(46)17-44(6)7/h8-15,22,27,29,31,41,46H,16-18,20H2,1-7H3,(H,42,43,47)/t22-,27+,29+,31-,35+/m0/s1. The molecule has 2 heterocycles. The Morgan fingerprint density at radius 1 is 1.20 bits per heavy atom. The van der Waals surface area contributed by atoms with Crippen molar-refractivity contribution in [2.24, 2.45) is 5.41 Å². The van der Waals surface area contributed by atoms with Gasteiger partial charge in [0.15, 0.2) is 12.0 Å². The minimum atomic E-state index is -1.76. The van der Waals surface area contributed by atoms with Crippen LogP contribution in [0.25, 0.3) is 0 Å². The Morgan fingerprint density at radius 3 is 2.55 bits per heavy atom. The predicted molar refractivity (Wildman–Crippen MR) is 185 cm³/mol. The Morgan fingerprint density at radius 2 is 1.92 bits per heavy atom. The maximum atomic E-state index is 15.8. The number of aliphatic hydroxyl groups is 1. The second-order valence-electron chi connectivity index (χ2n) is 14.5. The van der Waals surface area contributed by atoms with Gasteiger partial charge >= 0.3 is 6.09 Å². The Balaban J connectivity index is 1.63. The van der Waals surface area contributed by atoms with Gasteiger partial charge in [0.05, 0.1) is 41.9 Å². The van der Waals surface area contributed by atoms with Crippen LogP contribution in [0.3, 0.4) is 0 Å². The number of nitriles is 1. The third-order valence-corrected chi connectivity index (χ3v) is 8.82. The number of nitrogens with zero attached hydrogens (tertiary/aromatic N) is 4. The van der Waals surface area contributed by atoms with Gasteiger partial charge in [0.25, 0.3) is 0 Å². The highest BCUT2D eigenvalue weighted by atomic mass is 35.5. The minimum Gasteiger partial charge on any atom is -0.429 e. The van der Waals surface area contributed by atoms with E-state index in [1.54, 1.807) is 16.9 Å². The zero-order valence-corrected chi connectivity index (χ0v) is 30.2. The summed E-state index contributed by atoms with van der Waals surface area (Å²) in [6.07, 6.45) is -0.906. The summed E-state index contributed by atoms with van der Waals surface area (Å²) in [6, 6.07) is 11.4. The molecule has 0 aliphatic carbocycles. The molecule has 1 aliphatic rings. The Kier molecular flexibility index (Phi) is 12.0. The molecular formula is C35H44Cl2F2N6O4. The highest BCUT2D eigenvalue weighted by Crippen LogP contribution is 2.53. The van der Waals surface area contributed by atoms with E-state index in [1.165, 1.54) is 30.3 Å². The molecule has 0 unspecified atom stereocenters. The van der Waals surface area contributed by atoms with Gasteiger partial charge in [0, 0.05) is 35.4 Å². The second-order valence-corrected chi connectivity index (χ2v) is 15.4. The Bertz CT molecular complexity index is 1670. The molecule has 0 radical (unpaired) electrons. The number of rotatable bonds is 12. The summed E-state index contributed by atoms with van der Waals surface area (Å²) in [6.45, 7) is 10.5. The number of likely N-dealkylation sites (N-methyl/N-ethyl adjacent to an activating group) is 1. The third kappa shape index (κ3) is 9.28. The number of aromatic nitrogens is 2. The molecule has 3 N–H and O–H groups in total. The molecule has 0 saturated carbocycles. The van der Waals surface area contributed by atoms with Crippen molar-refractivity contribution in [1.29, 1.82) is 5.26 Å². The highest BCUT2D eigenvalue weighted by molar-refractivity contribution is 6.31. The lowest BCUT2D eigenvalue weighted by Crippen LogP contribution is -2.44. The predicted octanol–water partition coefficient (Wildman–Crippen LogP) is 6.71. The van der Waals surface area contributed by atoms with Gasteiger partial charge < -0.3 is 19.5 Å². The maximum Gasteiger partial charge on any atom is 0.414 e. The van der Waals surface area contributed by atoms with Gasteiger partial charge in [0.1, 0.15) is 17.0 Å². The van der Waals surface area contributed by atoms with Crippen LogP contribution >= 0.6 is 23.2 Å². The van der Waals surface area contributed by atoms with Crippen molar-refractivity contribution < 1.29 is 28.2 Å². The molecule has 266 valence electrons. The summed E-state index contributed by atoms with van der Waals surface area (Å²) in [7, 11) is 3.72. The number of benzene rings is 2. The van der Waals surface area contributed by atoms with Crippen molar-refractivity contribution in [2.45, 2.75) is 82.9 Å². The largest absolute Gasteiger partial charge is 0.429 e. The fraction of sp³-hybridized carbons (Fsp3) is 0.514. The van der Waals surface area contributed by atoms with Crippen molar-refractivity contribution in [1.82, 2.24) is 20.0 Å². The molecule has 10 nitrogen and oxygen atoms in total. The number of anilines is 1. The van der Waals surface area contributed by atoms with E-state index >= 15 is 8.78 Å². The van der Waals surface area contributed by atoms with Crippen molar-refractivity contribution in [3.8, 4) is 6.07 Å². The van der Waals surface area contributed by atoms with Gasteiger partial charge in [-0.3, -0.25) is 15.3 Å². The molecule has 1 saturated heterocycles. The van der Waals surface area contributed by atoms with Crippen molar-refractivity contribution in [3.63, 3.8) is 0 Å². The summed E-state index contributed by atoms with van der Waals surface area (Å²) in [5, 5.41) is 31.3. The Labute approximate surface area is 296 Å². The van der Waals surface area contributed by atoms with Crippen molar-refractivity contribution >= 4 is 35.1 Å². The van der Waals surface area contributed by atoms with Gasteiger partial charge in [-0.2, -0.15) is 10.4 Å². The van der Waals surface area contributed by atoms with Crippen LogP contribution in [0.2, 0.25) is 10.0 Å². The van der Waals surface area contributed by atoms with E-state index in [2.05, 4.69) is 21.8 Å². The van der Waals surface area contributed by atoms with Crippen LogP contribution in [0.4, 0.5) is 19.4 Å². The first-order valence-electron chi connectivity index (χ1n) is 15.9.